The predicted molar refractivity (Wildman–Crippen MR) is 119 cm³/mol. The molecule has 156 valence electrons. The monoisotopic (exact) mass is 415 g/mol. The van der Waals surface area contributed by atoms with Crippen molar-refractivity contribution < 1.29 is 13.2 Å². The first kappa shape index (κ1) is 21.2. The quantitative estimate of drug-likeness (QED) is 0.781. The molecule has 0 radical (unpaired) electrons. The van der Waals surface area contributed by atoms with Gasteiger partial charge in [-0.25, -0.2) is 8.42 Å². The number of carbonyl (C=O) groups excluding carboxylic acids is 1. The van der Waals surface area contributed by atoms with E-state index in [0.29, 0.717) is 11.4 Å². The van der Waals surface area contributed by atoms with Crippen LogP contribution in [0.25, 0.3) is 0 Å². The molecule has 1 N–H and O–H groups in total. The van der Waals surface area contributed by atoms with Gasteiger partial charge in [0.25, 0.3) is 0 Å². The maximum absolute atomic E-state index is 12.8. The second kappa shape index (κ2) is 8.45. The Morgan fingerprint density at radius 2 is 1.66 bits per heavy atom. The molecule has 1 saturated heterocycles. The van der Waals surface area contributed by atoms with Crippen LogP contribution >= 0.6 is 0 Å². The normalized spacial score (nSPS) is 15.2. The van der Waals surface area contributed by atoms with Crippen LogP contribution in [-0.2, 0) is 14.8 Å². The van der Waals surface area contributed by atoms with E-state index in [2.05, 4.69) is 10.2 Å². The van der Waals surface area contributed by atoms with E-state index in [1.165, 1.54) is 17.1 Å². The molecule has 2 aromatic rings. The summed E-state index contributed by atoms with van der Waals surface area (Å²) in [6, 6.07) is 12.2. The van der Waals surface area contributed by atoms with E-state index in [1.54, 1.807) is 19.1 Å². The van der Waals surface area contributed by atoms with E-state index in [4.69, 9.17) is 0 Å². The molecule has 2 aromatic carbocycles. The van der Waals surface area contributed by atoms with Gasteiger partial charge in [0.05, 0.1) is 11.9 Å². The van der Waals surface area contributed by atoms with Crippen molar-refractivity contribution in [2.45, 2.75) is 39.7 Å². The molecule has 29 heavy (non-hydrogen) atoms. The average Bonchev–Trinajstić information content (AvgIpc) is 3.19. The second-order valence-corrected chi connectivity index (χ2v) is 9.59. The van der Waals surface area contributed by atoms with Crippen LogP contribution in [0.3, 0.4) is 0 Å². The molecular weight excluding hydrogens is 386 g/mol. The standard InChI is InChI=1S/C22H29N3O3S/c1-16-7-10-21(15-17(16)2)25(29(4,27)28)18(3)22(26)23-19-8-11-20(12-9-19)24-13-5-6-14-24/h7-12,15,18H,5-6,13-14H2,1-4H3,(H,23,26)/t18-/m0/s1. The van der Waals surface area contributed by atoms with Gasteiger partial charge in [-0.2, -0.15) is 0 Å². The minimum atomic E-state index is -3.64. The Bertz CT molecular complexity index is 981. The van der Waals surface area contributed by atoms with Gasteiger partial charge in [-0.1, -0.05) is 6.07 Å². The number of carbonyl (C=O) groups is 1. The van der Waals surface area contributed by atoms with Gasteiger partial charge >= 0.3 is 0 Å². The average molecular weight is 416 g/mol. The molecule has 0 spiro atoms. The predicted octanol–water partition coefficient (Wildman–Crippen LogP) is 3.70. The van der Waals surface area contributed by atoms with Gasteiger partial charge in [0.1, 0.15) is 6.04 Å². The van der Waals surface area contributed by atoms with Gasteiger partial charge in [-0.05, 0) is 81.1 Å². The third-order valence-electron chi connectivity index (χ3n) is 5.44. The van der Waals surface area contributed by atoms with Gasteiger partial charge in [-0.15, -0.1) is 0 Å². The molecule has 1 aliphatic heterocycles. The van der Waals surface area contributed by atoms with Crippen molar-refractivity contribution in [1.29, 1.82) is 0 Å². The van der Waals surface area contributed by atoms with Crippen LogP contribution in [-0.4, -0.2) is 39.7 Å². The fourth-order valence-corrected chi connectivity index (χ4v) is 4.82. The Kier molecular flexibility index (Phi) is 6.17. The Hall–Kier alpha value is -2.54. The largest absolute Gasteiger partial charge is 0.372 e. The van der Waals surface area contributed by atoms with Crippen LogP contribution in [0.1, 0.15) is 30.9 Å². The molecule has 1 heterocycles. The fraction of sp³-hybridized carbons (Fsp3) is 0.409. The first-order valence-electron chi connectivity index (χ1n) is 9.89. The molecule has 0 saturated carbocycles. The van der Waals surface area contributed by atoms with Crippen molar-refractivity contribution in [2.24, 2.45) is 0 Å². The lowest BCUT2D eigenvalue weighted by molar-refractivity contribution is -0.116. The first-order chi connectivity index (χ1) is 13.7. The molecule has 6 nitrogen and oxygen atoms in total. The fourth-order valence-electron chi connectivity index (χ4n) is 3.65. The van der Waals surface area contributed by atoms with Crippen LogP contribution < -0.4 is 14.5 Å². The van der Waals surface area contributed by atoms with Crippen molar-refractivity contribution in [1.82, 2.24) is 0 Å². The summed E-state index contributed by atoms with van der Waals surface area (Å²) in [5.41, 5.74) is 4.32. The minimum Gasteiger partial charge on any atom is -0.372 e. The topological polar surface area (TPSA) is 69.7 Å². The molecule has 1 fully saturated rings. The van der Waals surface area contributed by atoms with Gasteiger partial charge in [-0.3, -0.25) is 9.10 Å². The highest BCUT2D eigenvalue weighted by molar-refractivity contribution is 7.92. The highest BCUT2D eigenvalue weighted by atomic mass is 32.2. The lowest BCUT2D eigenvalue weighted by atomic mass is 10.1. The van der Waals surface area contributed by atoms with Gasteiger partial charge in [0, 0.05) is 24.5 Å². The van der Waals surface area contributed by atoms with Crippen molar-refractivity contribution >= 4 is 33.0 Å². The Morgan fingerprint density at radius 1 is 1.03 bits per heavy atom. The molecule has 3 rings (SSSR count). The Labute approximate surface area is 173 Å². The molecule has 7 heteroatoms. The highest BCUT2D eigenvalue weighted by Gasteiger charge is 2.29. The number of anilines is 3. The summed E-state index contributed by atoms with van der Waals surface area (Å²) < 4.78 is 26.1. The number of nitrogens with one attached hydrogen (secondary N) is 1. The zero-order valence-corrected chi connectivity index (χ0v) is 18.3. The molecule has 0 aromatic heterocycles. The van der Waals surface area contributed by atoms with Crippen molar-refractivity contribution in [3.05, 3.63) is 53.6 Å². The molecule has 1 aliphatic rings. The van der Waals surface area contributed by atoms with Crippen molar-refractivity contribution in [3.63, 3.8) is 0 Å². The molecular formula is C22H29N3O3S. The van der Waals surface area contributed by atoms with Crippen LogP contribution in [0.4, 0.5) is 17.1 Å². The maximum atomic E-state index is 12.8. The zero-order chi connectivity index (χ0) is 21.2. The summed E-state index contributed by atoms with van der Waals surface area (Å²) in [4.78, 5) is 15.2. The molecule has 0 aliphatic carbocycles. The zero-order valence-electron chi connectivity index (χ0n) is 17.5. The number of amides is 1. The molecule has 1 atom stereocenters. The lowest BCUT2D eigenvalue weighted by Crippen LogP contribution is -2.45. The Balaban J connectivity index is 1.77. The van der Waals surface area contributed by atoms with E-state index in [0.717, 1.165) is 36.2 Å². The van der Waals surface area contributed by atoms with Gasteiger partial charge in [0.2, 0.25) is 15.9 Å². The summed E-state index contributed by atoms with van der Waals surface area (Å²) >= 11 is 0. The number of hydrogen-bond donors (Lipinski definition) is 1. The maximum Gasteiger partial charge on any atom is 0.247 e. The smallest absolute Gasteiger partial charge is 0.247 e. The third-order valence-corrected chi connectivity index (χ3v) is 6.68. The first-order valence-corrected chi connectivity index (χ1v) is 11.7. The highest BCUT2D eigenvalue weighted by Crippen LogP contribution is 2.25. The summed E-state index contributed by atoms with van der Waals surface area (Å²) in [6.45, 7) is 7.60. The number of sulfonamides is 1. The number of aryl methyl sites for hydroxylation is 2. The van der Waals surface area contributed by atoms with Crippen LogP contribution in [0, 0.1) is 13.8 Å². The summed E-state index contributed by atoms with van der Waals surface area (Å²) in [6.07, 6.45) is 3.53. The summed E-state index contributed by atoms with van der Waals surface area (Å²) in [7, 11) is -3.64. The number of rotatable bonds is 6. The summed E-state index contributed by atoms with van der Waals surface area (Å²) in [5.74, 6) is -0.373. The molecule has 0 unspecified atom stereocenters. The molecule has 1 amide bonds. The van der Waals surface area contributed by atoms with Gasteiger partial charge < -0.3 is 10.2 Å². The molecule has 0 bridgehead atoms. The van der Waals surface area contributed by atoms with Crippen molar-refractivity contribution in [2.75, 3.05) is 33.9 Å². The van der Waals surface area contributed by atoms with E-state index >= 15 is 0 Å². The second-order valence-electron chi connectivity index (χ2n) is 7.73. The van der Waals surface area contributed by atoms with Crippen LogP contribution in [0.15, 0.2) is 42.5 Å². The van der Waals surface area contributed by atoms with Crippen LogP contribution in [0.2, 0.25) is 0 Å². The van der Waals surface area contributed by atoms with Crippen molar-refractivity contribution in [3.8, 4) is 0 Å². The SMILES string of the molecule is Cc1ccc(N([C@@H](C)C(=O)Nc2ccc(N3CCCC3)cc2)S(C)(=O)=O)cc1C. The van der Waals surface area contributed by atoms with Crippen LogP contribution in [0.5, 0.6) is 0 Å². The number of hydrogen-bond acceptors (Lipinski definition) is 4. The number of nitrogens with zero attached hydrogens (tertiary/aromatic N) is 2. The minimum absolute atomic E-state index is 0.373. The lowest BCUT2D eigenvalue weighted by Gasteiger charge is -2.28. The van der Waals surface area contributed by atoms with E-state index in [-0.39, 0.29) is 5.91 Å². The van der Waals surface area contributed by atoms with E-state index in [9.17, 15) is 13.2 Å². The number of benzene rings is 2. The third kappa shape index (κ3) is 4.90. The van der Waals surface area contributed by atoms with Gasteiger partial charge in [0.15, 0.2) is 0 Å². The van der Waals surface area contributed by atoms with E-state index < -0.39 is 16.1 Å². The van der Waals surface area contributed by atoms with E-state index in [1.807, 2.05) is 44.2 Å². The Morgan fingerprint density at radius 3 is 2.21 bits per heavy atom. The summed E-state index contributed by atoms with van der Waals surface area (Å²) in [5, 5.41) is 2.84.